The van der Waals surface area contributed by atoms with Crippen molar-refractivity contribution in [1.29, 1.82) is 0 Å². The number of amides is 1. The molecule has 0 atom stereocenters. The van der Waals surface area contributed by atoms with E-state index in [2.05, 4.69) is 20.7 Å². The van der Waals surface area contributed by atoms with Crippen LogP contribution in [0.2, 0.25) is 0 Å². The zero-order valence-electron chi connectivity index (χ0n) is 8.31. The molecule has 5 nitrogen and oxygen atoms in total. The summed E-state index contributed by atoms with van der Waals surface area (Å²) in [5.41, 5.74) is 6.23. The van der Waals surface area contributed by atoms with Crippen LogP contribution >= 0.6 is 15.9 Å². The fraction of sp³-hybridized carbons (Fsp3) is 0.222. The molecule has 1 amide bonds. The van der Waals surface area contributed by atoms with Crippen molar-refractivity contribution in [3.05, 3.63) is 29.8 Å². The average Bonchev–Trinajstić information content (AvgIpc) is 2.20. The molecule has 0 spiro atoms. The predicted molar refractivity (Wildman–Crippen MR) is 65.7 cm³/mol. The lowest BCUT2D eigenvalue weighted by molar-refractivity contribution is -0.117. The Kier molecular flexibility index (Phi) is 4.31. The quantitative estimate of drug-likeness (QED) is 0.789. The minimum absolute atomic E-state index is 0.144. The third-order valence-electron chi connectivity index (χ3n) is 1.75. The highest BCUT2D eigenvalue weighted by atomic mass is 79.9. The molecule has 1 aromatic rings. The smallest absolute Gasteiger partial charge is 0.242 e. The third kappa shape index (κ3) is 4.19. The highest BCUT2D eigenvalue weighted by molar-refractivity contribution is 9.10. The monoisotopic (exact) mass is 306 g/mol. The molecule has 3 N–H and O–H groups in total. The lowest BCUT2D eigenvalue weighted by Gasteiger charge is -2.05. The summed E-state index contributed by atoms with van der Waals surface area (Å²) in [6.07, 6.45) is 0.144. The van der Waals surface area contributed by atoms with Crippen molar-refractivity contribution in [1.82, 2.24) is 0 Å². The van der Waals surface area contributed by atoms with Crippen LogP contribution in [0, 0.1) is 0 Å². The van der Waals surface area contributed by atoms with E-state index in [1.165, 1.54) is 0 Å². The number of carbonyl (C=O) groups excluding carboxylic acids is 1. The summed E-state index contributed by atoms with van der Waals surface area (Å²) in [7, 11) is -3.33. The maximum absolute atomic E-state index is 11.2. The summed E-state index contributed by atoms with van der Waals surface area (Å²) in [5.74, 6) is -0.422. The Morgan fingerprint density at radius 1 is 1.31 bits per heavy atom. The Morgan fingerprint density at radius 3 is 2.31 bits per heavy atom. The molecule has 0 radical (unpaired) electrons. The van der Waals surface area contributed by atoms with E-state index in [1.54, 1.807) is 24.3 Å². The van der Waals surface area contributed by atoms with Crippen LogP contribution in [0.3, 0.4) is 0 Å². The first-order valence-corrected chi connectivity index (χ1v) is 7.14. The fourth-order valence-corrected chi connectivity index (χ4v) is 1.99. The van der Waals surface area contributed by atoms with Crippen molar-refractivity contribution in [2.45, 2.75) is 6.42 Å². The number of alkyl halides is 1. The molecule has 1 rings (SSSR count). The molecule has 0 aromatic heterocycles. The summed E-state index contributed by atoms with van der Waals surface area (Å²) < 4.78 is 24.6. The summed E-state index contributed by atoms with van der Waals surface area (Å²) >= 11 is 2.86. The molecule has 0 saturated heterocycles. The maximum Gasteiger partial charge on any atom is 0.242 e. The van der Waals surface area contributed by atoms with Gasteiger partial charge in [-0.25, -0.2) is 8.42 Å². The van der Waals surface area contributed by atoms with Crippen molar-refractivity contribution in [2.24, 2.45) is 5.73 Å². The molecule has 0 aliphatic carbocycles. The number of anilines is 1. The number of sulfonamides is 1. The second kappa shape index (κ2) is 5.31. The Hall–Kier alpha value is -1.08. The number of hydrogen-bond acceptors (Lipinski definition) is 3. The van der Waals surface area contributed by atoms with Gasteiger partial charge in [-0.2, -0.15) is 0 Å². The van der Waals surface area contributed by atoms with E-state index >= 15 is 0 Å². The van der Waals surface area contributed by atoms with Gasteiger partial charge in [-0.3, -0.25) is 9.52 Å². The van der Waals surface area contributed by atoms with Crippen LogP contribution in [0.4, 0.5) is 5.69 Å². The first kappa shape index (κ1) is 13.0. The van der Waals surface area contributed by atoms with Gasteiger partial charge in [0.05, 0.1) is 6.42 Å². The normalized spacial score (nSPS) is 11.1. The second-order valence-corrected chi connectivity index (χ2v) is 6.19. The van der Waals surface area contributed by atoms with Gasteiger partial charge in [0.1, 0.15) is 4.66 Å². The number of halogens is 1. The van der Waals surface area contributed by atoms with Gasteiger partial charge in [0.25, 0.3) is 0 Å². The van der Waals surface area contributed by atoms with Crippen LogP contribution < -0.4 is 10.5 Å². The van der Waals surface area contributed by atoms with Crippen LogP contribution in [0.25, 0.3) is 0 Å². The lowest BCUT2D eigenvalue weighted by Crippen LogP contribution is -2.14. The highest BCUT2D eigenvalue weighted by Crippen LogP contribution is 2.12. The number of benzene rings is 1. The van der Waals surface area contributed by atoms with Gasteiger partial charge >= 0.3 is 0 Å². The van der Waals surface area contributed by atoms with E-state index in [-0.39, 0.29) is 11.1 Å². The highest BCUT2D eigenvalue weighted by Gasteiger charge is 2.07. The van der Waals surface area contributed by atoms with E-state index < -0.39 is 15.9 Å². The zero-order valence-corrected chi connectivity index (χ0v) is 10.7. The Morgan fingerprint density at radius 2 is 1.88 bits per heavy atom. The van der Waals surface area contributed by atoms with Gasteiger partial charge in [-0.1, -0.05) is 28.1 Å². The molecule has 0 bridgehead atoms. The number of nitrogens with two attached hydrogens (primary N) is 1. The van der Waals surface area contributed by atoms with E-state index in [0.717, 1.165) is 5.56 Å². The Balaban J connectivity index is 2.76. The largest absolute Gasteiger partial charge is 0.369 e. The van der Waals surface area contributed by atoms with Crippen molar-refractivity contribution in [3.8, 4) is 0 Å². The summed E-state index contributed by atoms with van der Waals surface area (Å²) in [6, 6.07) is 6.46. The van der Waals surface area contributed by atoms with Crippen LogP contribution in [0.15, 0.2) is 24.3 Å². The van der Waals surface area contributed by atoms with E-state index in [0.29, 0.717) is 5.69 Å². The molecule has 0 heterocycles. The average molecular weight is 307 g/mol. The van der Waals surface area contributed by atoms with E-state index in [4.69, 9.17) is 5.73 Å². The topological polar surface area (TPSA) is 89.3 Å². The van der Waals surface area contributed by atoms with Gasteiger partial charge in [0, 0.05) is 5.69 Å². The molecule has 0 aliphatic rings. The van der Waals surface area contributed by atoms with Crippen molar-refractivity contribution >= 4 is 37.5 Å². The number of rotatable bonds is 5. The van der Waals surface area contributed by atoms with Gasteiger partial charge in [-0.15, -0.1) is 0 Å². The van der Waals surface area contributed by atoms with Gasteiger partial charge in [-0.05, 0) is 17.7 Å². The first-order chi connectivity index (χ1) is 7.43. The minimum Gasteiger partial charge on any atom is -0.369 e. The SMILES string of the molecule is NC(=O)Cc1ccc(NS(=O)(=O)CBr)cc1. The number of nitrogens with one attached hydrogen (secondary N) is 1. The van der Waals surface area contributed by atoms with Crippen LogP contribution in [-0.4, -0.2) is 19.0 Å². The van der Waals surface area contributed by atoms with Crippen molar-refractivity contribution in [2.75, 3.05) is 9.38 Å². The third-order valence-corrected chi connectivity index (χ3v) is 4.39. The predicted octanol–water partition coefficient (Wildman–Crippen LogP) is 0.808. The molecule has 7 heteroatoms. The summed E-state index contributed by atoms with van der Waals surface area (Å²) in [4.78, 5) is 10.6. The second-order valence-electron chi connectivity index (χ2n) is 3.17. The molecule has 1 aromatic carbocycles. The van der Waals surface area contributed by atoms with Crippen LogP contribution in [0.1, 0.15) is 5.56 Å². The van der Waals surface area contributed by atoms with Gasteiger partial charge < -0.3 is 5.73 Å². The van der Waals surface area contributed by atoms with Crippen molar-refractivity contribution in [3.63, 3.8) is 0 Å². The van der Waals surface area contributed by atoms with Crippen molar-refractivity contribution < 1.29 is 13.2 Å². The maximum atomic E-state index is 11.2. The molecule has 0 fully saturated rings. The molecule has 88 valence electrons. The number of hydrogen-bond donors (Lipinski definition) is 2. The van der Waals surface area contributed by atoms with Gasteiger partial charge in [0.2, 0.25) is 15.9 Å². The molecular weight excluding hydrogens is 296 g/mol. The number of carbonyl (C=O) groups is 1. The zero-order chi connectivity index (χ0) is 12.2. The van der Waals surface area contributed by atoms with Crippen LogP contribution in [0.5, 0.6) is 0 Å². The van der Waals surface area contributed by atoms with E-state index in [1.807, 2.05) is 0 Å². The lowest BCUT2D eigenvalue weighted by atomic mass is 10.1. The molecule has 0 saturated carbocycles. The summed E-state index contributed by atoms with van der Waals surface area (Å²) in [6.45, 7) is 0. The Bertz CT molecular complexity index is 470. The first-order valence-electron chi connectivity index (χ1n) is 4.36. The fourth-order valence-electron chi connectivity index (χ4n) is 1.10. The Labute approximate surface area is 102 Å². The number of primary amides is 1. The molecule has 0 unspecified atom stereocenters. The minimum atomic E-state index is -3.33. The molecule has 16 heavy (non-hydrogen) atoms. The molecule has 0 aliphatic heterocycles. The molecular formula is C9H11BrN2O3S. The van der Waals surface area contributed by atoms with E-state index in [9.17, 15) is 13.2 Å². The standard InChI is InChI=1S/C9H11BrN2O3S/c10-6-16(14,15)12-8-3-1-7(2-4-8)5-9(11)13/h1-4,12H,5-6H2,(H2,11,13). The van der Waals surface area contributed by atoms with Crippen LogP contribution in [-0.2, 0) is 21.2 Å². The van der Waals surface area contributed by atoms with Gasteiger partial charge in [0.15, 0.2) is 0 Å². The summed E-state index contributed by atoms with van der Waals surface area (Å²) in [5, 5.41) is 0.